The summed E-state index contributed by atoms with van der Waals surface area (Å²) in [5.41, 5.74) is 0. The van der Waals surface area contributed by atoms with Gasteiger partial charge in [-0.2, -0.15) is 0 Å². The highest BCUT2D eigenvalue weighted by atomic mass is 16.6. The number of carbonyl (C=O) groups is 2. The highest BCUT2D eigenvalue weighted by Crippen LogP contribution is 2.10. The second-order valence-electron chi connectivity index (χ2n) is 5.28. The largest absolute Gasteiger partial charge is 0.447 e. The highest BCUT2D eigenvalue weighted by molar-refractivity contribution is 5.94. The normalized spacial score (nSPS) is 26.3. The van der Waals surface area contributed by atoms with Crippen molar-refractivity contribution in [1.82, 2.24) is 20.0 Å². The van der Waals surface area contributed by atoms with Gasteiger partial charge in [0.25, 0.3) is 0 Å². The molecule has 0 aliphatic carbocycles. The van der Waals surface area contributed by atoms with E-state index < -0.39 is 6.09 Å². The van der Waals surface area contributed by atoms with Gasteiger partial charge < -0.3 is 10.1 Å². The van der Waals surface area contributed by atoms with Crippen LogP contribution >= 0.6 is 0 Å². The van der Waals surface area contributed by atoms with E-state index in [1.807, 2.05) is 0 Å². The molecular weight excluding hydrogens is 248 g/mol. The summed E-state index contributed by atoms with van der Waals surface area (Å²) in [6.45, 7) is 7.01. The van der Waals surface area contributed by atoms with E-state index in [0.717, 1.165) is 39.3 Å². The van der Waals surface area contributed by atoms with Crippen molar-refractivity contribution in [2.24, 2.45) is 0 Å². The highest BCUT2D eigenvalue weighted by Gasteiger charge is 2.32. The van der Waals surface area contributed by atoms with Crippen LogP contribution in [0.5, 0.6) is 0 Å². The maximum absolute atomic E-state index is 12.0. The van der Waals surface area contributed by atoms with Crippen LogP contribution < -0.4 is 5.32 Å². The third-order valence-corrected chi connectivity index (χ3v) is 4.10. The van der Waals surface area contributed by atoms with Gasteiger partial charge in [-0.15, -0.1) is 0 Å². The average Bonchev–Trinajstić information content (AvgIpc) is 2.76. The molecule has 3 rings (SSSR count). The topological polar surface area (TPSA) is 65.1 Å². The molecule has 0 atom stereocenters. The molecule has 3 saturated heterocycles. The van der Waals surface area contributed by atoms with Gasteiger partial charge in [-0.05, 0) is 0 Å². The van der Waals surface area contributed by atoms with E-state index in [0.29, 0.717) is 25.7 Å². The zero-order valence-corrected chi connectivity index (χ0v) is 11.0. The Kier molecular flexibility index (Phi) is 3.67. The zero-order valence-electron chi connectivity index (χ0n) is 11.0. The molecule has 0 aromatic rings. The smallest absolute Gasteiger partial charge is 0.416 e. The average molecular weight is 268 g/mol. The van der Waals surface area contributed by atoms with Gasteiger partial charge in [-0.3, -0.25) is 14.6 Å². The molecule has 2 amide bonds. The molecular formula is C12H20N4O3. The molecule has 3 fully saturated rings. The maximum Gasteiger partial charge on any atom is 0.416 e. The Balaban J connectivity index is 1.44. The van der Waals surface area contributed by atoms with Crippen molar-refractivity contribution in [3.05, 3.63) is 0 Å². The minimum absolute atomic E-state index is 0.138. The van der Waals surface area contributed by atoms with Crippen LogP contribution in [0.4, 0.5) is 4.79 Å². The molecule has 19 heavy (non-hydrogen) atoms. The lowest BCUT2D eigenvalue weighted by molar-refractivity contribution is -0.129. The minimum atomic E-state index is -0.496. The molecule has 3 heterocycles. The SMILES string of the molecule is O=C(CN1CCN(C2CNC2)CC1)N1CCOC1=O. The number of imide groups is 1. The molecule has 1 N–H and O–H groups in total. The van der Waals surface area contributed by atoms with Crippen molar-refractivity contribution in [3.8, 4) is 0 Å². The van der Waals surface area contributed by atoms with Crippen LogP contribution in [0.1, 0.15) is 0 Å². The lowest BCUT2D eigenvalue weighted by Gasteiger charge is -2.43. The van der Waals surface area contributed by atoms with Gasteiger partial charge in [0.2, 0.25) is 5.91 Å². The fraction of sp³-hybridized carbons (Fsp3) is 0.833. The van der Waals surface area contributed by atoms with Crippen molar-refractivity contribution in [1.29, 1.82) is 0 Å². The molecule has 0 aromatic heterocycles. The Bertz CT molecular complexity index is 364. The molecule has 0 spiro atoms. The predicted octanol–water partition coefficient (Wildman–Crippen LogP) is -1.45. The first-order valence-electron chi connectivity index (χ1n) is 6.88. The van der Waals surface area contributed by atoms with Crippen LogP contribution in [0.15, 0.2) is 0 Å². The Morgan fingerprint density at radius 2 is 1.95 bits per heavy atom. The van der Waals surface area contributed by atoms with Crippen LogP contribution in [0.3, 0.4) is 0 Å². The number of amides is 2. The molecule has 0 unspecified atom stereocenters. The van der Waals surface area contributed by atoms with Crippen LogP contribution in [-0.4, -0.2) is 91.7 Å². The van der Waals surface area contributed by atoms with Gasteiger partial charge in [-0.1, -0.05) is 0 Å². The molecule has 0 radical (unpaired) electrons. The summed E-state index contributed by atoms with van der Waals surface area (Å²) >= 11 is 0. The van der Waals surface area contributed by atoms with Gasteiger partial charge in [0.1, 0.15) is 6.61 Å². The molecule has 0 saturated carbocycles. The quantitative estimate of drug-likeness (QED) is 0.676. The van der Waals surface area contributed by atoms with Gasteiger partial charge >= 0.3 is 6.09 Å². The number of hydrogen-bond acceptors (Lipinski definition) is 6. The summed E-state index contributed by atoms with van der Waals surface area (Å²) in [7, 11) is 0. The summed E-state index contributed by atoms with van der Waals surface area (Å²) in [4.78, 5) is 29.1. The van der Waals surface area contributed by atoms with Crippen molar-refractivity contribution < 1.29 is 14.3 Å². The first-order valence-corrected chi connectivity index (χ1v) is 6.88. The number of nitrogens with zero attached hydrogens (tertiary/aromatic N) is 3. The van der Waals surface area contributed by atoms with E-state index in [9.17, 15) is 9.59 Å². The maximum atomic E-state index is 12.0. The number of cyclic esters (lactones) is 1. The number of carbonyl (C=O) groups excluding carboxylic acids is 2. The second kappa shape index (κ2) is 5.44. The zero-order chi connectivity index (χ0) is 13.2. The van der Waals surface area contributed by atoms with Gasteiger partial charge in [-0.25, -0.2) is 9.69 Å². The molecule has 7 nitrogen and oxygen atoms in total. The van der Waals surface area contributed by atoms with E-state index in [2.05, 4.69) is 15.1 Å². The molecule has 3 aliphatic rings. The van der Waals surface area contributed by atoms with Crippen molar-refractivity contribution >= 4 is 12.0 Å². The molecule has 3 aliphatic heterocycles. The van der Waals surface area contributed by atoms with E-state index in [1.165, 1.54) is 4.90 Å². The Labute approximate surface area is 112 Å². The van der Waals surface area contributed by atoms with Crippen LogP contribution in [0.25, 0.3) is 0 Å². The molecule has 7 heteroatoms. The lowest BCUT2D eigenvalue weighted by atomic mass is 10.1. The van der Waals surface area contributed by atoms with E-state index in [4.69, 9.17) is 4.74 Å². The summed E-state index contributed by atoms with van der Waals surface area (Å²) in [5, 5.41) is 3.28. The summed E-state index contributed by atoms with van der Waals surface area (Å²) in [5.74, 6) is -0.138. The summed E-state index contributed by atoms with van der Waals surface area (Å²) in [6, 6.07) is 0.673. The van der Waals surface area contributed by atoms with Crippen molar-refractivity contribution in [2.75, 3.05) is 59.0 Å². The van der Waals surface area contributed by atoms with E-state index >= 15 is 0 Å². The van der Waals surface area contributed by atoms with Gasteiger partial charge in [0.05, 0.1) is 13.1 Å². The van der Waals surface area contributed by atoms with Crippen LogP contribution in [-0.2, 0) is 9.53 Å². The number of rotatable bonds is 3. The van der Waals surface area contributed by atoms with Crippen LogP contribution in [0, 0.1) is 0 Å². The fourth-order valence-electron chi connectivity index (χ4n) is 2.71. The first kappa shape index (κ1) is 12.8. The summed E-state index contributed by atoms with van der Waals surface area (Å²) < 4.78 is 4.78. The monoisotopic (exact) mass is 268 g/mol. The minimum Gasteiger partial charge on any atom is -0.447 e. The van der Waals surface area contributed by atoms with Gasteiger partial charge in [0.15, 0.2) is 0 Å². The Hall–Kier alpha value is -1.18. The Morgan fingerprint density at radius 1 is 1.21 bits per heavy atom. The van der Waals surface area contributed by atoms with Gasteiger partial charge in [0, 0.05) is 45.3 Å². The number of nitrogens with one attached hydrogen (secondary N) is 1. The van der Waals surface area contributed by atoms with Crippen molar-refractivity contribution in [3.63, 3.8) is 0 Å². The fourth-order valence-corrected chi connectivity index (χ4v) is 2.71. The third kappa shape index (κ3) is 2.72. The number of hydrogen-bond donors (Lipinski definition) is 1. The third-order valence-electron chi connectivity index (χ3n) is 4.10. The van der Waals surface area contributed by atoms with E-state index in [1.54, 1.807) is 0 Å². The number of ether oxygens (including phenoxy) is 1. The lowest BCUT2D eigenvalue weighted by Crippen LogP contribution is -2.62. The number of piperazine rings is 1. The predicted molar refractivity (Wildman–Crippen MR) is 67.7 cm³/mol. The van der Waals surface area contributed by atoms with Crippen LogP contribution in [0.2, 0.25) is 0 Å². The molecule has 0 aromatic carbocycles. The molecule has 0 bridgehead atoms. The molecule has 106 valence electrons. The van der Waals surface area contributed by atoms with Crippen molar-refractivity contribution in [2.45, 2.75) is 6.04 Å². The van der Waals surface area contributed by atoms with E-state index in [-0.39, 0.29) is 5.91 Å². The first-order chi connectivity index (χ1) is 9.24. The summed E-state index contributed by atoms with van der Waals surface area (Å²) in [6.07, 6.45) is -0.496. The second-order valence-corrected chi connectivity index (χ2v) is 5.28. The standard InChI is InChI=1S/C12H20N4O3/c17-11(16-5-6-19-12(16)18)9-14-1-3-15(4-2-14)10-7-13-8-10/h10,13H,1-9H2. The Morgan fingerprint density at radius 3 is 2.47 bits per heavy atom.